The molecule has 5 aromatic rings. The van der Waals surface area contributed by atoms with E-state index in [-0.39, 0.29) is 22.9 Å². The van der Waals surface area contributed by atoms with Gasteiger partial charge in [0.1, 0.15) is 28.7 Å². The van der Waals surface area contributed by atoms with Crippen LogP contribution in [0.15, 0.2) is 55.6 Å². The fourth-order valence-electron chi connectivity index (χ4n) is 6.58. The lowest BCUT2D eigenvalue weighted by atomic mass is 9.92. The van der Waals surface area contributed by atoms with Crippen LogP contribution in [0.25, 0.3) is 21.1 Å². The quantitative estimate of drug-likeness (QED) is 0.106. The predicted molar refractivity (Wildman–Crippen MR) is 180 cm³/mol. The second kappa shape index (κ2) is 14.2. The Labute approximate surface area is 279 Å². The van der Waals surface area contributed by atoms with E-state index in [1.54, 1.807) is 12.3 Å². The minimum Gasteiger partial charge on any atom is -0.367 e. The summed E-state index contributed by atoms with van der Waals surface area (Å²) in [6.45, 7) is 8.21. The number of hydrogen-bond acceptors (Lipinski definition) is 8. The van der Waals surface area contributed by atoms with Crippen LogP contribution in [0.1, 0.15) is 52.9 Å². The fourth-order valence-corrected chi connectivity index (χ4v) is 7.61. The number of aromatic nitrogens is 5. The first-order valence-electron chi connectivity index (χ1n) is 15.8. The molecule has 10 nitrogen and oxygen atoms in total. The van der Waals surface area contributed by atoms with E-state index in [9.17, 15) is 23.2 Å². The molecule has 1 aliphatic heterocycles. The molecule has 0 radical (unpaired) electrons. The Bertz CT molecular complexity index is 1960. The molecule has 2 unspecified atom stereocenters. The van der Waals surface area contributed by atoms with Gasteiger partial charge in [-0.15, -0.1) is 11.3 Å². The fraction of sp³-hybridized carbons (Fsp3) is 0.382. The van der Waals surface area contributed by atoms with E-state index in [4.69, 9.17) is 0 Å². The van der Waals surface area contributed by atoms with Gasteiger partial charge in [-0.05, 0) is 68.0 Å². The van der Waals surface area contributed by atoms with Crippen LogP contribution in [0, 0.1) is 18.3 Å². The van der Waals surface area contributed by atoms with Gasteiger partial charge in [-0.2, -0.15) is 23.5 Å². The molecular weight excluding hydrogens is 639 g/mol. The van der Waals surface area contributed by atoms with Crippen molar-refractivity contribution in [3.05, 3.63) is 82.9 Å². The summed E-state index contributed by atoms with van der Waals surface area (Å²) in [5, 5.41) is 24.8. The van der Waals surface area contributed by atoms with Crippen molar-refractivity contribution in [3.63, 3.8) is 0 Å². The molecule has 1 amide bonds. The summed E-state index contributed by atoms with van der Waals surface area (Å²) in [5.74, 6) is 0.346. The summed E-state index contributed by atoms with van der Waals surface area (Å²) in [6, 6.07) is 10.3. The number of rotatable bonds is 12. The molecule has 14 heteroatoms. The number of halogens is 3. The molecule has 5 heterocycles. The average molecular weight is 676 g/mol. The van der Waals surface area contributed by atoms with Crippen molar-refractivity contribution in [2.45, 2.75) is 70.4 Å². The number of benzene rings is 1. The summed E-state index contributed by atoms with van der Waals surface area (Å²) in [4.78, 5) is 23.6. The first-order valence-corrected chi connectivity index (χ1v) is 16.6. The number of anilines is 1. The third-order valence-corrected chi connectivity index (χ3v) is 10.0. The second-order valence-electron chi connectivity index (χ2n) is 12.2. The van der Waals surface area contributed by atoms with Gasteiger partial charge in [0.2, 0.25) is 5.91 Å². The monoisotopic (exact) mass is 675 g/mol. The highest BCUT2D eigenvalue weighted by atomic mass is 32.1. The largest absolute Gasteiger partial charge is 0.393 e. The molecule has 1 fully saturated rings. The van der Waals surface area contributed by atoms with Gasteiger partial charge in [-0.25, -0.2) is 9.97 Å². The zero-order chi connectivity index (χ0) is 33.8. The van der Waals surface area contributed by atoms with E-state index < -0.39 is 12.6 Å². The van der Waals surface area contributed by atoms with Crippen molar-refractivity contribution < 1.29 is 18.0 Å². The van der Waals surface area contributed by atoms with Gasteiger partial charge in [0.05, 0.1) is 24.5 Å². The van der Waals surface area contributed by atoms with Crippen molar-refractivity contribution in [2.24, 2.45) is 0 Å². The molecule has 0 saturated carbocycles. The molecule has 250 valence electrons. The number of aromatic amines is 1. The standard InChI is InChI=1S/C34H36F3N9OS/c1-3-31(47)39-9-4-5-25-11-24(44-32-29-13-27(14-34(35,36)37)48-33(29)41-20-40-32)8-10-45(25)19-23-6-7-30-28(21(23)2)12-26(15-38)46(30)18-22-16-42-43-17-22/h3,6-7,12-13,16-17,20,24-25H,1,4-5,8-11,14,18-19H2,2H3,(H,39,47)(H,42,43)(H,40,41,44). The molecule has 4 aromatic heterocycles. The number of likely N-dealkylation sites (tertiary alicyclic amines) is 1. The van der Waals surface area contributed by atoms with Gasteiger partial charge in [0.25, 0.3) is 0 Å². The molecule has 1 aromatic carbocycles. The third kappa shape index (κ3) is 7.53. The van der Waals surface area contributed by atoms with Crippen LogP contribution in [0.5, 0.6) is 0 Å². The van der Waals surface area contributed by atoms with E-state index in [0.29, 0.717) is 34.8 Å². The minimum atomic E-state index is -4.29. The second-order valence-corrected chi connectivity index (χ2v) is 13.3. The highest BCUT2D eigenvalue weighted by Crippen LogP contribution is 2.34. The Morgan fingerprint density at radius 2 is 2.10 bits per heavy atom. The average Bonchev–Trinajstić information content (AvgIpc) is 3.80. The lowest BCUT2D eigenvalue weighted by molar-refractivity contribution is -0.126. The van der Waals surface area contributed by atoms with E-state index in [0.717, 1.165) is 72.1 Å². The maximum atomic E-state index is 13.1. The number of piperidine rings is 1. The summed E-state index contributed by atoms with van der Waals surface area (Å²) in [6.07, 6.45) is 4.18. The van der Waals surface area contributed by atoms with Gasteiger partial charge in [0.15, 0.2) is 0 Å². The van der Waals surface area contributed by atoms with Gasteiger partial charge in [-0.1, -0.05) is 12.6 Å². The normalized spacial score (nSPS) is 17.1. The number of fused-ring (bicyclic) bond motifs is 2. The zero-order valence-electron chi connectivity index (χ0n) is 26.5. The van der Waals surface area contributed by atoms with Crippen LogP contribution >= 0.6 is 11.3 Å². The minimum absolute atomic E-state index is 0.0526. The van der Waals surface area contributed by atoms with Gasteiger partial charge in [-0.3, -0.25) is 14.8 Å². The van der Waals surface area contributed by atoms with E-state index in [1.807, 2.05) is 16.8 Å². The maximum absolute atomic E-state index is 13.1. The third-order valence-electron chi connectivity index (χ3n) is 8.98. The van der Waals surface area contributed by atoms with Crippen molar-refractivity contribution in [1.29, 1.82) is 5.26 Å². The Hall–Kier alpha value is -4.74. The smallest absolute Gasteiger partial charge is 0.367 e. The van der Waals surface area contributed by atoms with E-state index in [2.05, 4.69) is 67.4 Å². The van der Waals surface area contributed by atoms with Crippen LogP contribution < -0.4 is 10.6 Å². The molecule has 0 aliphatic carbocycles. The molecule has 0 spiro atoms. The van der Waals surface area contributed by atoms with Crippen LogP contribution in [0.4, 0.5) is 19.0 Å². The molecule has 0 bridgehead atoms. The SMILES string of the molecule is C=CC(=O)NCCCC1CC(Nc2ncnc3sc(CC(F)(F)F)cc23)CCN1Cc1ccc2c(cc(C#N)n2Cc2cn[nH]c2)c1C. The number of aryl methyl sites for hydroxylation is 1. The number of nitrogens with one attached hydrogen (secondary N) is 3. The Morgan fingerprint density at radius 3 is 2.85 bits per heavy atom. The zero-order valence-corrected chi connectivity index (χ0v) is 27.3. The molecule has 6 rings (SSSR count). The topological polar surface area (TPSA) is 128 Å². The number of nitrogens with zero attached hydrogens (tertiary/aromatic N) is 6. The number of H-pyrrole nitrogens is 1. The Morgan fingerprint density at radius 1 is 1.25 bits per heavy atom. The number of alkyl halides is 3. The van der Waals surface area contributed by atoms with Crippen LogP contribution in [0.2, 0.25) is 0 Å². The first-order chi connectivity index (χ1) is 23.1. The summed E-state index contributed by atoms with van der Waals surface area (Å²) in [7, 11) is 0. The molecule has 2 atom stereocenters. The van der Waals surface area contributed by atoms with Gasteiger partial charge < -0.3 is 15.2 Å². The van der Waals surface area contributed by atoms with Crippen LogP contribution in [-0.4, -0.2) is 66.9 Å². The summed E-state index contributed by atoms with van der Waals surface area (Å²) >= 11 is 1.04. The molecule has 1 aliphatic rings. The lowest BCUT2D eigenvalue weighted by Crippen LogP contribution is -2.46. The maximum Gasteiger partial charge on any atom is 0.393 e. The number of carbonyl (C=O) groups is 1. The lowest BCUT2D eigenvalue weighted by Gasteiger charge is -2.40. The Kier molecular flexibility index (Phi) is 9.79. The molecule has 1 saturated heterocycles. The highest BCUT2D eigenvalue weighted by Gasteiger charge is 2.31. The Balaban J connectivity index is 1.21. The number of amides is 1. The van der Waals surface area contributed by atoms with Crippen LogP contribution in [0.3, 0.4) is 0 Å². The van der Waals surface area contributed by atoms with E-state index in [1.165, 1.54) is 18.0 Å². The molecular formula is C34H36F3N9OS. The van der Waals surface area contributed by atoms with Gasteiger partial charge in [0, 0.05) is 59.3 Å². The number of thiophene rings is 1. The number of nitriles is 1. The first kappa shape index (κ1) is 33.2. The van der Waals surface area contributed by atoms with Crippen molar-refractivity contribution >= 4 is 44.2 Å². The summed E-state index contributed by atoms with van der Waals surface area (Å²) in [5.41, 5.74) is 4.87. The van der Waals surface area contributed by atoms with Crippen molar-refractivity contribution in [2.75, 3.05) is 18.4 Å². The highest BCUT2D eigenvalue weighted by molar-refractivity contribution is 7.18. The molecule has 48 heavy (non-hydrogen) atoms. The van der Waals surface area contributed by atoms with Gasteiger partial charge >= 0.3 is 6.18 Å². The van der Waals surface area contributed by atoms with Crippen LogP contribution in [-0.2, 0) is 24.3 Å². The number of carbonyl (C=O) groups excluding carboxylic acids is 1. The molecule has 3 N–H and O–H groups in total. The van der Waals surface area contributed by atoms with Crippen molar-refractivity contribution in [1.82, 2.24) is 34.9 Å². The predicted octanol–water partition coefficient (Wildman–Crippen LogP) is 6.23. The number of hydrogen-bond donors (Lipinski definition) is 3. The van der Waals surface area contributed by atoms with E-state index >= 15 is 0 Å². The van der Waals surface area contributed by atoms with Crippen molar-refractivity contribution in [3.8, 4) is 6.07 Å². The summed E-state index contributed by atoms with van der Waals surface area (Å²) < 4.78 is 41.3.